The van der Waals surface area contributed by atoms with Crippen LogP contribution in [0.5, 0.6) is 0 Å². The van der Waals surface area contributed by atoms with E-state index >= 15 is 0 Å². The lowest BCUT2D eigenvalue weighted by atomic mass is 10.5. The summed E-state index contributed by atoms with van der Waals surface area (Å²) in [7, 11) is -5.48. The molecule has 0 rings (SSSR count). The van der Waals surface area contributed by atoms with Crippen molar-refractivity contribution in [2.75, 3.05) is 6.61 Å². The van der Waals surface area contributed by atoms with Crippen LogP contribution in [-0.4, -0.2) is 20.5 Å². The van der Waals surface area contributed by atoms with E-state index in [-0.39, 0.29) is 0 Å². The van der Waals surface area contributed by atoms with Crippen LogP contribution in [0.3, 0.4) is 0 Å². The highest BCUT2D eigenvalue weighted by atomic mass is 32.2. The molecule has 0 N–H and O–H groups in total. The molecule has 13 heavy (non-hydrogen) atoms. The van der Waals surface area contributed by atoms with Gasteiger partial charge in [0.15, 0.2) is 0 Å². The van der Waals surface area contributed by atoms with Crippen molar-refractivity contribution < 1.29 is 25.8 Å². The van der Waals surface area contributed by atoms with E-state index < -0.39 is 22.2 Å². The third-order valence-corrected chi connectivity index (χ3v) is 1.87. The molecule has 0 atom stereocenters. The monoisotopic (exact) mass is 216 g/mol. The van der Waals surface area contributed by atoms with Crippen molar-refractivity contribution in [3.63, 3.8) is 0 Å². The molecule has 0 radical (unpaired) electrons. The Bertz CT molecular complexity index is 306. The topological polar surface area (TPSA) is 43.4 Å². The lowest BCUT2D eigenvalue weighted by molar-refractivity contribution is -0.0534. The molecule has 0 bridgehead atoms. The molecule has 0 saturated heterocycles. The molecule has 7 heteroatoms. The summed E-state index contributed by atoms with van der Waals surface area (Å²) in [6.07, 6.45) is 0.426. The first-order chi connectivity index (χ1) is 5.81. The average molecular weight is 216 g/mol. The van der Waals surface area contributed by atoms with Crippen molar-refractivity contribution in [3.8, 4) is 11.8 Å². The van der Waals surface area contributed by atoms with E-state index in [0.29, 0.717) is 6.42 Å². The molecule has 0 aromatic carbocycles. The maximum atomic E-state index is 11.6. The van der Waals surface area contributed by atoms with E-state index in [2.05, 4.69) is 16.0 Å². The third-order valence-electron chi connectivity index (χ3n) is 0.871. The Balaban J connectivity index is 4.23. The Labute approximate surface area is 74.0 Å². The summed E-state index contributed by atoms with van der Waals surface area (Å²) in [6.45, 7) is 0.904. The minimum absolute atomic E-state index is 0.426. The molecule has 0 spiro atoms. The highest BCUT2D eigenvalue weighted by Gasteiger charge is 2.47. The van der Waals surface area contributed by atoms with E-state index in [1.54, 1.807) is 6.92 Å². The number of halogens is 3. The highest BCUT2D eigenvalue weighted by Crippen LogP contribution is 2.24. The first-order valence-corrected chi connectivity index (χ1v) is 4.63. The zero-order valence-electron chi connectivity index (χ0n) is 6.68. The van der Waals surface area contributed by atoms with Crippen molar-refractivity contribution in [1.82, 2.24) is 0 Å². The van der Waals surface area contributed by atoms with Gasteiger partial charge >= 0.3 is 15.6 Å². The van der Waals surface area contributed by atoms with Gasteiger partial charge < -0.3 is 0 Å². The van der Waals surface area contributed by atoms with Crippen LogP contribution in [0.15, 0.2) is 0 Å². The standard InChI is InChI=1S/C6H7F3O3S/c1-2-3-4-5-12-13(10,11)6(7,8)9/h2,5H2,1H3. The molecule has 0 aliphatic carbocycles. The molecule has 3 nitrogen and oxygen atoms in total. The van der Waals surface area contributed by atoms with Gasteiger partial charge in [0.05, 0.1) is 0 Å². The van der Waals surface area contributed by atoms with Gasteiger partial charge in [0.1, 0.15) is 6.61 Å². The second-order valence-corrected chi connectivity index (χ2v) is 3.48. The molecule has 0 fully saturated rings. The molecule has 0 amide bonds. The van der Waals surface area contributed by atoms with E-state index in [1.165, 1.54) is 0 Å². The van der Waals surface area contributed by atoms with E-state index in [9.17, 15) is 21.6 Å². The van der Waals surface area contributed by atoms with Gasteiger partial charge in [-0.05, 0) is 0 Å². The van der Waals surface area contributed by atoms with Gasteiger partial charge in [-0.2, -0.15) is 21.6 Å². The van der Waals surface area contributed by atoms with E-state index in [0.717, 1.165) is 0 Å². The van der Waals surface area contributed by atoms with Crippen LogP contribution in [0.4, 0.5) is 13.2 Å². The molecule has 0 aromatic heterocycles. The molecule has 0 aliphatic rings. The van der Waals surface area contributed by atoms with Gasteiger partial charge in [-0.1, -0.05) is 12.8 Å². The number of alkyl halides is 3. The van der Waals surface area contributed by atoms with Gasteiger partial charge in [0.25, 0.3) is 0 Å². The van der Waals surface area contributed by atoms with Crippen LogP contribution >= 0.6 is 0 Å². The summed E-state index contributed by atoms with van der Waals surface area (Å²) in [5.41, 5.74) is -5.37. The molecular formula is C6H7F3O3S. The minimum Gasteiger partial charge on any atom is -0.250 e. The minimum atomic E-state index is -5.48. The molecule has 0 aromatic rings. The van der Waals surface area contributed by atoms with Gasteiger partial charge in [0.2, 0.25) is 0 Å². The summed E-state index contributed by atoms with van der Waals surface area (Å²) in [5.74, 6) is 4.48. The van der Waals surface area contributed by atoms with Crippen LogP contribution in [0.2, 0.25) is 0 Å². The fourth-order valence-electron chi connectivity index (χ4n) is 0.350. The van der Waals surface area contributed by atoms with Crippen molar-refractivity contribution in [3.05, 3.63) is 0 Å². The predicted molar refractivity (Wildman–Crippen MR) is 39.0 cm³/mol. The molecule has 0 saturated carbocycles. The number of hydrogen-bond donors (Lipinski definition) is 0. The summed E-state index contributed by atoms with van der Waals surface area (Å²) in [4.78, 5) is 0. The molecule has 76 valence electrons. The van der Waals surface area contributed by atoms with Crippen LogP contribution in [0, 0.1) is 11.8 Å². The van der Waals surface area contributed by atoms with Crippen molar-refractivity contribution >= 4 is 10.1 Å². The molecule has 0 heterocycles. The summed E-state index contributed by atoms with van der Waals surface area (Å²) >= 11 is 0. The van der Waals surface area contributed by atoms with Crippen LogP contribution < -0.4 is 0 Å². The Kier molecular flexibility index (Phi) is 4.23. The summed E-state index contributed by atoms with van der Waals surface area (Å²) < 4.78 is 58.7. The van der Waals surface area contributed by atoms with Crippen LogP contribution in [-0.2, 0) is 14.3 Å². The van der Waals surface area contributed by atoms with E-state index in [4.69, 9.17) is 0 Å². The Hall–Kier alpha value is -0.740. The maximum absolute atomic E-state index is 11.6. The van der Waals surface area contributed by atoms with Crippen molar-refractivity contribution in [2.24, 2.45) is 0 Å². The molecular weight excluding hydrogens is 209 g/mol. The van der Waals surface area contributed by atoms with Gasteiger partial charge in [-0.3, -0.25) is 4.18 Å². The fraction of sp³-hybridized carbons (Fsp3) is 0.667. The first kappa shape index (κ1) is 12.3. The van der Waals surface area contributed by atoms with Gasteiger partial charge in [0, 0.05) is 6.42 Å². The zero-order chi connectivity index (χ0) is 10.5. The lowest BCUT2D eigenvalue weighted by Crippen LogP contribution is -2.25. The fourth-order valence-corrected chi connectivity index (χ4v) is 0.698. The van der Waals surface area contributed by atoms with Crippen LogP contribution in [0.25, 0.3) is 0 Å². The smallest absolute Gasteiger partial charge is 0.250 e. The molecule has 0 aliphatic heterocycles. The zero-order valence-corrected chi connectivity index (χ0v) is 7.50. The average Bonchev–Trinajstić information content (AvgIpc) is 1.96. The SMILES string of the molecule is CCC#CCOS(=O)(=O)C(F)(F)F. The van der Waals surface area contributed by atoms with Gasteiger partial charge in [-0.25, -0.2) is 0 Å². The van der Waals surface area contributed by atoms with Gasteiger partial charge in [-0.15, -0.1) is 5.92 Å². The Morgan fingerprint density at radius 1 is 1.31 bits per heavy atom. The van der Waals surface area contributed by atoms with Crippen LogP contribution in [0.1, 0.15) is 13.3 Å². The molecule has 0 unspecified atom stereocenters. The first-order valence-electron chi connectivity index (χ1n) is 3.22. The lowest BCUT2D eigenvalue weighted by Gasteiger charge is -2.04. The van der Waals surface area contributed by atoms with Crippen molar-refractivity contribution in [2.45, 2.75) is 18.9 Å². The highest BCUT2D eigenvalue weighted by molar-refractivity contribution is 7.87. The second kappa shape index (κ2) is 4.48. The number of rotatable bonds is 2. The quantitative estimate of drug-likeness (QED) is 0.396. The maximum Gasteiger partial charge on any atom is 0.523 e. The Morgan fingerprint density at radius 2 is 1.85 bits per heavy atom. The third kappa shape index (κ3) is 4.15. The summed E-state index contributed by atoms with van der Waals surface area (Å²) in [6, 6.07) is 0. The summed E-state index contributed by atoms with van der Waals surface area (Å²) in [5, 5.41) is 0. The largest absolute Gasteiger partial charge is 0.523 e. The second-order valence-electron chi connectivity index (χ2n) is 1.87. The Morgan fingerprint density at radius 3 is 2.23 bits per heavy atom. The normalized spacial score (nSPS) is 12.0. The number of hydrogen-bond acceptors (Lipinski definition) is 3. The van der Waals surface area contributed by atoms with E-state index in [1.807, 2.05) is 0 Å². The predicted octanol–water partition coefficient (Wildman–Crippen LogP) is 1.27. The van der Waals surface area contributed by atoms with Crippen molar-refractivity contribution in [1.29, 1.82) is 0 Å².